The molecule has 2 atom stereocenters. The monoisotopic (exact) mass is 298 g/mol. The average molecular weight is 299 g/mol. The smallest absolute Gasteiger partial charge is 0.227 e. The zero-order chi connectivity index (χ0) is 14.7. The van der Waals surface area contributed by atoms with Gasteiger partial charge in [0, 0.05) is 29.7 Å². The van der Waals surface area contributed by atoms with Crippen LogP contribution in [0.3, 0.4) is 0 Å². The number of piperidine rings is 1. The van der Waals surface area contributed by atoms with Crippen molar-refractivity contribution in [2.45, 2.75) is 32.2 Å². The van der Waals surface area contributed by atoms with Crippen LogP contribution in [0.5, 0.6) is 0 Å². The summed E-state index contributed by atoms with van der Waals surface area (Å²) in [5.41, 5.74) is 6.02. The molecule has 0 saturated carbocycles. The van der Waals surface area contributed by atoms with Gasteiger partial charge in [0.15, 0.2) is 0 Å². The summed E-state index contributed by atoms with van der Waals surface area (Å²) < 4.78 is 13.7. The molecule has 110 valence electrons. The van der Waals surface area contributed by atoms with Crippen LogP contribution in [-0.4, -0.2) is 29.9 Å². The zero-order valence-electron chi connectivity index (χ0n) is 11.6. The third kappa shape index (κ3) is 3.30. The molecule has 1 amide bonds. The van der Waals surface area contributed by atoms with E-state index in [1.165, 1.54) is 12.1 Å². The Kier molecular flexibility index (Phi) is 5.00. The van der Waals surface area contributed by atoms with E-state index >= 15 is 0 Å². The molecule has 0 bridgehead atoms. The molecular formula is C15H20ClFN2O. The van der Waals surface area contributed by atoms with Gasteiger partial charge < -0.3 is 10.6 Å². The van der Waals surface area contributed by atoms with Crippen molar-refractivity contribution in [3.8, 4) is 0 Å². The zero-order valence-corrected chi connectivity index (χ0v) is 12.4. The number of halogens is 2. The Morgan fingerprint density at radius 3 is 2.95 bits per heavy atom. The van der Waals surface area contributed by atoms with Crippen LogP contribution < -0.4 is 5.73 Å². The van der Waals surface area contributed by atoms with Gasteiger partial charge in [0.2, 0.25) is 5.91 Å². The summed E-state index contributed by atoms with van der Waals surface area (Å²) in [5.74, 6) is 0.0459. The third-order valence-corrected chi connectivity index (χ3v) is 4.31. The number of hydrogen-bond acceptors (Lipinski definition) is 2. The molecule has 1 heterocycles. The van der Waals surface area contributed by atoms with E-state index in [0.29, 0.717) is 24.0 Å². The van der Waals surface area contributed by atoms with Gasteiger partial charge in [-0.15, -0.1) is 0 Å². The number of nitrogens with two attached hydrogens (primary N) is 1. The molecule has 2 rings (SSSR count). The fourth-order valence-electron chi connectivity index (χ4n) is 2.76. The molecule has 1 fully saturated rings. The van der Waals surface area contributed by atoms with Gasteiger partial charge in [-0.05, 0) is 30.9 Å². The van der Waals surface area contributed by atoms with Crippen LogP contribution in [0.15, 0.2) is 18.2 Å². The summed E-state index contributed by atoms with van der Waals surface area (Å²) in [6, 6.07) is 4.52. The highest BCUT2D eigenvalue weighted by molar-refractivity contribution is 6.31. The maximum atomic E-state index is 13.7. The molecule has 0 radical (unpaired) electrons. The van der Waals surface area contributed by atoms with Crippen LogP contribution in [-0.2, 0) is 11.2 Å². The van der Waals surface area contributed by atoms with E-state index in [1.54, 1.807) is 11.0 Å². The van der Waals surface area contributed by atoms with Gasteiger partial charge in [-0.1, -0.05) is 24.6 Å². The van der Waals surface area contributed by atoms with Gasteiger partial charge in [-0.2, -0.15) is 0 Å². The summed E-state index contributed by atoms with van der Waals surface area (Å²) in [7, 11) is 0. The Bertz CT molecular complexity index is 475. The highest BCUT2D eigenvalue weighted by atomic mass is 35.5. The Balaban J connectivity index is 2.11. The molecular weight excluding hydrogens is 279 g/mol. The summed E-state index contributed by atoms with van der Waals surface area (Å²) in [6.07, 6.45) is 1.87. The van der Waals surface area contributed by atoms with Gasteiger partial charge in [0.05, 0.1) is 6.42 Å². The summed E-state index contributed by atoms with van der Waals surface area (Å²) in [4.78, 5) is 14.2. The lowest BCUT2D eigenvalue weighted by atomic mass is 9.92. The number of benzene rings is 1. The second kappa shape index (κ2) is 6.55. The van der Waals surface area contributed by atoms with Gasteiger partial charge >= 0.3 is 0 Å². The highest BCUT2D eigenvalue weighted by Gasteiger charge is 2.29. The predicted molar refractivity (Wildman–Crippen MR) is 78.1 cm³/mol. The van der Waals surface area contributed by atoms with Crippen LogP contribution in [0.4, 0.5) is 4.39 Å². The fourth-order valence-corrected chi connectivity index (χ4v) is 2.99. The van der Waals surface area contributed by atoms with Crippen molar-refractivity contribution in [3.63, 3.8) is 0 Å². The van der Waals surface area contributed by atoms with Crippen LogP contribution in [0.25, 0.3) is 0 Å². The van der Waals surface area contributed by atoms with E-state index in [9.17, 15) is 9.18 Å². The number of hydrogen-bond donors (Lipinski definition) is 1. The number of carbonyl (C=O) groups excluding carboxylic acids is 1. The van der Waals surface area contributed by atoms with Gasteiger partial charge in [0.25, 0.3) is 0 Å². The standard InChI is InChI=1S/C15H20ClFN2O/c1-10-5-6-19(11(7-10)9-18)15(20)8-12-13(16)3-2-4-14(12)17/h2-4,10-11H,5-9,18H2,1H3. The Labute approximate surface area is 123 Å². The first-order chi connectivity index (χ1) is 9.52. The van der Waals surface area contributed by atoms with Crippen LogP contribution in [0, 0.1) is 11.7 Å². The van der Waals surface area contributed by atoms with E-state index in [-0.39, 0.29) is 23.9 Å². The number of amides is 1. The lowest BCUT2D eigenvalue weighted by molar-refractivity contribution is -0.134. The maximum absolute atomic E-state index is 13.7. The average Bonchev–Trinajstić information content (AvgIpc) is 2.42. The lowest BCUT2D eigenvalue weighted by Crippen LogP contribution is -2.49. The molecule has 2 N–H and O–H groups in total. The number of nitrogens with zero attached hydrogens (tertiary/aromatic N) is 1. The van der Waals surface area contributed by atoms with Gasteiger partial charge in [-0.3, -0.25) is 4.79 Å². The van der Waals surface area contributed by atoms with Crippen molar-refractivity contribution in [3.05, 3.63) is 34.6 Å². The topological polar surface area (TPSA) is 46.3 Å². The normalized spacial score (nSPS) is 22.9. The molecule has 2 unspecified atom stereocenters. The van der Waals surface area contributed by atoms with Gasteiger partial charge in [0.1, 0.15) is 5.82 Å². The molecule has 20 heavy (non-hydrogen) atoms. The van der Waals surface area contributed by atoms with E-state index in [0.717, 1.165) is 12.8 Å². The maximum Gasteiger partial charge on any atom is 0.227 e. The Morgan fingerprint density at radius 2 is 2.30 bits per heavy atom. The first kappa shape index (κ1) is 15.3. The first-order valence-electron chi connectivity index (χ1n) is 6.95. The quantitative estimate of drug-likeness (QED) is 0.932. The fraction of sp³-hybridized carbons (Fsp3) is 0.533. The molecule has 0 aliphatic carbocycles. The molecule has 3 nitrogen and oxygen atoms in total. The number of likely N-dealkylation sites (tertiary alicyclic amines) is 1. The molecule has 1 saturated heterocycles. The van der Waals surface area contributed by atoms with Crippen LogP contribution in [0.2, 0.25) is 5.02 Å². The molecule has 1 aliphatic heterocycles. The second-order valence-electron chi connectivity index (χ2n) is 5.48. The predicted octanol–water partition coefficient (Wildman–Crippen LogP) is 2.61. The van der Waals surface area contributed by atoms with Crippen molar-refractivity contribution in [2.24, 2.45) is 11.7 Å². The molecule has 1 aromatic rings. The van der Waals surface area contributed by atoms with Crippen molar-refractivity contribution < 1.29 is 9.18 Å². The summed E-state index contributed by atoms with van der Waals surface area (Å²) >= 11 is 5.97. The van der Waals surface area contributed by atoms with Crippen molar-refractivity contribution in [1.82, 2.24) is 4.90 Å². The van der Waals surface area contributed by atoms with Crippen molar-refractivity contribution in [2.75, 3.05) is 13.1 Å². The molecule has 1 aromatic carbocycles. The highest BCUT2D eigenvalue weighted by Crippen LogP contribution is 2.25. The van der Waals surface area contributed by atoms with E-state index in [2.05, 4.69) is 6.92 Å². The van der Waals surface area contributed by atoms with Crippen LogP contribution in [0.1, 0.15) is 25.3 Å². The third-order valence-electron chi connectivity index (χ3n) is 3.96. The molecule has 0 aromatic heterocycles. The van der Waals surface area contributed by atoms with Gasteiger partial charge in [-0.25, -0.2) is 4.39 Å². The van der Waals surface area contributed by atoms with E-state index in [1.807, 2.05) is 0 Å². The largest absolute Gasteiger partial charge is 0.338 e. The number of carbonyl (C=O) groups is 1. The Morgan fingerprint density at radius 1 is 1.55 bits per heavy atom. The van der Waals surface area contributed by atoms with Crippen molar-refractivity contribution >= 4 is 17.5 Å². The number of rotatable bonds is 3. The van der Waals surface area contributed by atoms with E-state index < -0.39 is 5.82 Å². The molecule has 5 heteroatoms. The summed E-state index contributed by atoms with van der Waals surface area (Å²) in [5, 5.41) is 0.299. The van der Waals surface area contributed by atoms with Crippen molar-refractivity contribution in [1.29, 1.82) is 0 Å². The summed E-state index contributed by atoms with van der Waals surface area (Å²) in [6.45, 7) is 3.30. The minimum Gasteiger partial charge on any atom is -0.338 e. The Hall–Kier alpha value is -1.13. The molecule has 0 spiro atoms. The minimum atomic E-state index is -0.430. The van der Waals surface area contributed by atoms with E-state index in [4.69, 9.17) is 17.3 Å². The SMILES string of the molecule is CC1CCN(C(=O)Cc2c(F)cccc2Cl)C(CN)C1. The first-order valence-corrected chi connectivity index (χ1v) is 7.33. The molecule has 1 aliphatic rings. The second-order valence-corrected chi connectivity index (χ2v) is 5.89. The minimum absolute atomic E-state index is 0.00358. The lowest BCUT2D eigenvalue weighted by Gasteiger charge is -2.38. The van der Waals surface area contributed by atoms with Crippen LogP contribution >= 0.6 is 11.6 Å².